The highest BCUT2D eigenvalue weighted by molar-refractivity contribution is 7.89. The SMILES string of the molecule is CC[C@@H](C)C(=O)N1CCc2ccc(S(=O)(=O)NCCc3ccccn3)cc2C1. The first-order valence-corrected chi connectivity index (χ1v) is 11.2. The van der Waals surface area contributed by atoms with Gasteiger partial charge in [-0.3, -0.25) is 9.78 Å². The Hall–Kier alpha value is -2.25. The van der Waals surface area contributed by atoms with Crippen molar-refractivity contribution in [2.75, 3.05) is 13.1 Å². The van der Waals surface area contributed by atoms with Gasteiger partial charge in [-0.2, -0.15) is 0 Å². The Morgan fingerprint density at radius 2 is 2.07 bits per heavy atom. The largest absolute Gasteiger partial charge is 0.338 e. The molecule has 28 heavy (non-hydrogen) atoms. The molecular formula is C21H27N3O3S. The van der Waals surface area contributed by atoms with E-state index < -0.39 is 10.0 Å². The highest BCUT2D eigenvalue weighted by atomic mass is 32.2. The number of hydrogen-bond donors (Lipinski definition) is 1. The number of hydrogen-bond acceptors (Lipinski definition) is 4. The van der Waals surface area contributed by atoms with E-state index in [4.69, 9.17) is 0 Å². The molecule has 1 aliphatic rings. The van der Waals surface area contributed by atoms with Crippen molar-refractivity contribution in [1.29, 1.82) is 0 Å². The normalized spacial score (nSPS) is 15.1. The van der Waals surface area contributed by atoms with Crippen LogP contribution in [-0.2, 0) is 34.2 Å². The van der Waals surface area contributed by atoms with Crippen LogP contribution in [-0.4, -0.2) is 37.3 Å². The molecule has 150 valence electrons. The average Bonchev–Trinajstić information content (AvgIpc) is 2.72. The lowest BCUT2D eigenvalue weighted by molar-refractivity contribution is -0.136. The highest BCUT2D eigenvalue weighted by Crippen LogP contribution is 2.24. The number of carbonyl (C=O) groups is 1. The van der Waals surface area contributed by atoms with Crippen LogP contribution in [0.25, 0.3) is 0 Å². The zero-order valence-electron chi connectivity index (χ0n) is 16.4. The van der Waals surface area contributed by atoms with E-state index >= 15 is 0 Å². The van der Waals surface area contributed by atoms with Gasteiger partial charge in [-0.25, -0.2) is 13.1 Å². The van der Waals surface area contributed by atoms with Gasteiger partial charge in [0.1, 0.15) is 0 Å². The van der Waals surface area contributed by atoms with Crippen LogP contribution in [0.1, 0.15) is 37.1 Å². The minimum Gasteiger partial charge on any atom is -0.338 e. The summed E-state index contributed by atoms with van der Waals surface area (Å²) in [7, 11) is -3.60. The monoisotopic (exact) mass is 401 g/mol. The van der Waals surface area contributed by atoms with Crippen molar-refractivity contribution < 1.29 is 13.2 Å². The Kier molecular flexibility index (Phi) is 6.46. The van der Waals surface area contributed by atoms with Crippen LogP contribution >= 0.6 is 0 Å². The summed E-state index contributed by atoms with van der Waals surface area (Å²) in [4.78, 5) is 18.8. The number of pyridine rings is 1. The first-order chi connectivity index (χ1) is 13.4. The molecule has 1 N–H and O–H groups in total. The lowest BCUT2D eigenvalue weighted by Gasteiger charge is -2.31. The Bertz CT molecular complexity index is 929. The molecule has 7 heteroatoms. The average molecular weight is 402 g/mol. The number of fused-ring (bicyclic) bond motifs is 1. The fourth-order valence-corrected chi connectivity index (χ4v) is 4.40. The Balaban J connectivity index is 1.69. The van der Waals surface area contributed by atoms with Gasteiger partial charge in [0.15, 0.2) is 0 Å². The van der Waals surface area contributed by atoms with Crippen molar-refractivity contribution in [3.8, 4) is 0 Å². The van der Waals surface area contributed by atoms with Gasteiger partial charge in [0.05, 0.1) is 4.90 Å². The summed E-state index contributed by atoms with van der Waals surface area (Å²) in [6.45, 7) is 5.38. The molecule has 0 saturated carbocycles. The molecule has 0 radical (unpaired) electrons. The second-order valence-electron chi connectivity index (χ2n) is 7.22. The van der Waals surface area contributed by atoms with E-state index in [-0.39, 0.29) is 23.3 Å². The third-order valence-corrected chi connectivity index (χ3v) is 6.70. The third kappa shape index (κ3) is 4.77. The van der Waals surface area contributed by atoms with Crippen LogP contribution < -0.4 is 4.72 Å². The van der Waals surface area contributed by atoms with Crippen LogP contribution in [0.5, 0.6) is 0 Å². The molecule has 1 amide bonds. The van der Waals surface area contributed by atoms with Gasteiger partial charge in [-0.05, 0) is 48.2 Å². The molecule has 1 aromatic carbocycles. The molecule has 6 nitrogen and oxygen atoms in total. The van der Waals surface area contributed by atoms with Crippen LogP contribution in [0.15, 0.2) is 47.5 Å². The number of nitrogens with zero attached hydrogens (tertiary/aromatic N) is 2. The summed E-state index contributed by atoms with van der Waals surface area (Å²) < 4.78 is 28.0. The standard InChI is InChI=1S/C21H27N3O3S/c1-3-16(2)21(25)24-13-10-17-7-8-20(14-18(17)15-24)28(26,27)23-12-9-19-6-4-5-11-22-19/h4-8,11,14,16,23H,3,9-10,12-13,15H2,1-2H3/t16-/m1/s1. The summed E-state index contributed by atoms with van der Waals surface area (Å²) in [5.41, 5.74) is 2.87. The van der Waals surface area contributed by atoms with Crippen LogP contribution in [0.2, 0.25) is 0 Å². The van der Waals surface area contributed by atoms with E-state index in [1.807, 2.05) is 43.0 Å². The van der Waals surface area contributed by atoms with Crippen molar-refractivity contribution in [3.63, 3.8) is 0 Å². The maximum Gasteiger partial charge on any atom is 0.240 e. The minimum absolute atomic E-state index is 0.0123. The fraction of sp³-hybridized carbons (Fsp3) is 0.429. The molecule has 0 saturated heterocycles. The summed E-state index contributed by atoms with van der Waals surface area (Å²) in [5, 5.41) is 0. The van der Waals surface area contributed by atoms with Gasteiger partial charge in [0, 0.05) is 43.9 Å². The molecule has 1 aliphatic heterocycles. The molecule has 0 spiro atoms. The van der Waals surface area contributed by atoms with E-state index in [0.29, 0.717) is 19.5 Å². The Labute approximate surface area is 167 Å². The van der Waals surface area contributed by atoms with E-state index in [9.17, 15) is 13.2 Å². The predicted octanol–water partition coefficient (Wildman–Crippen LogP) is 2.53. The van der Waals surface area contributed by atoms with Crippen molar-refractivity contribution in [2.45, 2.75) is 44.6 Å². The van der Waals surface area contributed by atoms with E-state index in [2.05, 4.69) is 9.71 Å². The number of aromatic nitrogens is 1. The molecule has 0 fully saturated rings. The first kappa shape index (κ1) is 20.5. The summed E-state index contributed by atoms with van der Waals surface area (Å²) in [5.74, 6) is 0.122. The van der Waals surface area contributed by atoms with Gasteiger partial charge in [0.2, 0.25) is 15.9 Å². The molecule has 1 atom stereocenters. The molecule has 0 aliphatic carbocycles. The molecule has 2 heterocycles. The first-order valence-electron chi connectivity index (χ1n) is 9.71. The van der Waals surface area contributed by atoms with Gasteiger partial charge >= 0.3 is 0 Å². The third-order valence-electron chi connectivity index (χ3n) is 5.25. The maximum atomic E-state index is 12.7. The zero-order valence-corrected chi connectivity index (χ0v) is 17.2. The minimum atomic E-state index is -3.60. The number of carbonyl (C=O) groups excluding carboxylic acids is 1. The molecule has 1 aromatic heterocycles. The van der Waals surface area contributed by atoms with Gasteiger partial charge in [-0.15, -0.1) is 0 Å². The summed E-state index contributed by atoms with van der Waals surface area (Å²) in [6, 6.07) is 10.8. The second-order valence-corrected chi connectivity index (χ2v) is 8.99. The van der Waals surface area contributed by atoms with Crippen LogP contribution in [0, 0.1) is 5.92 Å². The van der Waals surface area contributed by atoms with Crippen molar-refractivity contribution >= 4 is 15.9 Å². The number of rotatable bonds is 7. The zero-order chi connectivity index (χ0) is 20.1. The summed E-state index contributed by atoms with van der Waals surface area (Å²) in [6.07, 6.45) is 3.78. The van der Waals surface area contributed by atoms with Crippen LogP contribution in [0.3, 0.4) is 0 Å². The quantitative estimate of drug-likeness (QED) is 0.773. The molecular weight excluding hydrogens is 374 g/mol. The lowest BCUT2D eigenvalue weighted by atomic mass is 9.98. The molecule has 0 bridgehead atoms. The summed E-state index contributed by atoms with van der Waals surface area (Å²) >= 11 is 0. The predicted molar refractivity (Wildman–Crippen MR) is 108 cm³/mol. The Morgan fingerprint density at radius 1 is 1.25 bits per heavy atom. The Morgan fingerprint density at radius 3 is 2.79 bits per heavy atom. The van der Waals surface area contributed by atoms with Crippen molar-refractivity contribution in [3.05, 3.63) is 59.4 Å². The van der Waals surface area contributed by atoms with Crippen molar-refractivity contribution in [1.82, 2.24) is 14.6 Å². The number of nitrogens with one attached hydrogen (secondary N) is 1. The highest BCUT2D eigenvalue weighted by Gasteiger charge is 2.25. The lowest BCUT2D eigenvalue weighted by Crippen LogP contribution is -2.39. The van der Waals surface area contributed by atoms with E-state index in [1.165, 1.54) is 0 Å². The molecule has 2 aromatic rings. The number of sulfonamides is 1. The maximum absolute atomic E-state index is 12.7. The molecule has 3 rings (SSSR count). The van der Waals surface area contributed by atoms with Gasteiger partial charge < -0.3 is 4.90 Å². The van der Waals surface area contributed by atoms with Gasteiger partial charge in [-0.1, -0.05) is 26.0 Å². The fourth-order valence-electron chi connectivity index (χ4n) is 3.32. The van der Waals surface area contributed by atoms with Gasteiger partial charge in [0.25, 0.3) is 0 Å². The number of amides is 1. The van der Waals surface area contributed by atoms with Crippen LogP contribution in [0.4, 0.5) is 0 Å². The van der Waals surface area contributed by atoms with E-state index in [1.54, 1.807) is 18.3 Å². The van der Waals surface area contributed by atoms with E-state index in [0.717, 1.165) is 29.7 Å². The van der Waals surface area contributed by atoms with Crippen molar-refractivity contribution in [2.24, 2.45) is 5.92 Å². The number of benzene rings is 1. The topological polar surface area (TPSA) is 79.4 Å². The molecule has 0 unspecified atom stereocenters. The smallest absolute Gasteiger partial charge is 0.240 e. The second kappa shape index (κ2) is 8.84.